The van der Waals surface area contributed by atoms with Gasteiger partial charge in [0.2, 0.25) is 17.8 Å². The highest BCUT2D eigenvalue weighted by molar-refractivity contribution is 9.10. The maximum atomic E-state index is 14.1. The van der Waals surface area contributed by atoms with Crippen LogP contribution in [-0.2, 0) is 16.1 Å². The van der Waals surface area contributed by atoms with Crippen molar-refractivity contribution in [3.05, 3.63) is 58.6 Å². The molecule has 4 heterocycles. The number of nitrogen functional groups attached to an aromatic ring is 1. The number of rotatable bonds is 7. The quantitative estimate of drug-likeness (QED) is 0.232. The molecule has 1 saturated heterocycles. The Morgan fingerprint density at radius 3 is 2.59 bits per heavy atom. The molecule has 3 N–H and O–H groups in total. The summed E-state index contributed by atoms with van der Waals surface area (Å²) in [6.07, 6.45) is 3.31. The van der Waals surface area contributed by atoms with Gasteiger partial charge in [-0.3, -0.25) is 23.5 Å². The maximum Gasteiger partial charge on any atom is 0.248 e. The number of pyridine rings is 1. The summed E-state index contributed by atoms with van der Waals surface area (Å²) in [5.41, 5.74) is 7.67. The number of aryl methyl sites for hydroxylation is 1. The van der Waals surface area contributed by atoms with Gasteiger partial charge in [0.15, 0.2) is 5.78 Å². The molecule has 3 aromatic heterocycles. The molecule has 0 spiro atoms. The predicted octanol–water partition coefficient (Wildman–Crippen LogP) is 3.96. The Bertz CT molecular complexity index is 1680. The molecule has 11 nitrogen and oxygen atoms in total. The Morgan fingerprint density at radius 1 is 1.17 bits per heavy atom. The molecule has 1 aliphatic heterocycles. The molecule has 1 unspecified atom stereocenters. The Kier molecular flexibility index (Phi) is 7.56. The SMILES string of the molecule is CC(=O)c1nn(CC(=O)N2C[C@@](C)(CF)CC2C(=O)Nc2nc(Br)ccc2C)c2ccc(-c3cnc(N)nc3)cc12. The van der Waals surface area contributed by atoms with Gasteiger partial charge in [0.25, 0.3) is 0 Å². The third-order valence-electron chi connectivity index (χ3n) is 7.24. The third kappa shape index (κ3) is 5.67. The summed E-state index contributed by atoms with van der Waals surface area (Å²) in [6.45, 7) is 4.05. The van der Waals surface area contributed by atoms with Crippen molar-refractivity contribution in [2.24, 2.45) is 5.41 Å². The van der Waals surface area contributed by atoms with E-state index in [2.05, 4.69) is 41.3 Å². The fourth-order valence-electron chi connectivity index (χ4n) is 5.03. The number of aromatic nitrogens is 5. The summed E-state index contributed by atoms with van der Waals surface area (Å²) < 4.78 is 16.1. The minimum atomic E-state index is -0.908. The number of ketones is 1. The van der Waals surface area contributed by atoms with Crippen LogP contribution in [0.5, 0.6) is 0 Å². The summed E-state index contributed by atoms with van der Waals surface area (Å²) in [7, 11) is 0. The van der Waals surface area contributed by atoms with Crippen LogP contribution < -0.4 is 11.1 Å². The van der Waals surface area contributed by atoms with Crippen molar-refractivity contribution >= 4 is 56.2 Å². The third-order valence-corrected chi connectivity index (χ3v) is 7.68. The van der Waals surface area contributed by atoms with Crippen LogP contribution in [0.3, 0.4) is 0 Å². The Labute approximate surface area is 243 Å². The fourth-order valence-corrected chi connectivity index (χ4v) is 5.34. The second-order valence-electron chi connectivity index (χ2n) is 10.6. The number of hydrogen-bond donors (Lipinski definition) is 2. The van der Waals surface area contributed by atoms with Gasteiger partial charge in [-0.05, 0) is 58.6 Å². The lowest BCUT2D eigenvalue weighted by Gasteiger charge is -2.24. The fraction of sp³-hybridized carbons (Fsp3) is 0.321. The number of nitrogens with one attached hydrogen (secondary N) is 1. The topological polar surface area (TPSA) is 149 Å². The number of likely N-dealkylation sites (tertiary alicyclic amines) is 1. The van der Waals surface area contributed by atoms with E-state index in [0.717, 1.165) is 11.1 Å². The molecular weight excluding hydrogens is 595 g/mol. The number of carbonyl (C=O) groups is 3. The van der Waals surface area contributed by atoms with E-state index in [4.69, 9.17) is 5.73 Å². The lowest BCUT2D eigenvalue weighted by atomic mass is 9.89. The van der Waals surface area contributed by atoms with E-state index < -0.39 is 29.9 Å². The number of benzene rings is 1. The zero-order valence-corrected chi connectivity index (χ0v) is 24.3. The first kappa shape index (κ1) is 28.3. The number of carbonyl (C=O) groups excluding carboxylic acids is 3. The van der Waals surface area contributed by atoms with Gasteiger partial charge in [0.05, 0.1) is 12.2 Å². The number of halogens is 2. The van der Waals surface area contributed by atoms with E-state index in [-0.39, 0.29) is 36.9 Å². The van der Waals surface area contributed by atoms with Crippen molar-refractivity contribution in [3.8, 4) is 11.1 Å². The molecule has 41 heavy (non-hydrogen) atoms. The molecule has 2 atom stereocenters. The first-order chi connectivity index (χ1) is 19.5. The highest BCUT2D eigenvalue weighted by atomic mass is 79.9. The van der Waals surface area contributed by atoms with Crippen molar-refractivity contribution in [1.29, 1.82) is 0 Å². The number of Topliss-reactive ketones (excluding diaryl/α,β-unsaturated/α-hetero) is 1. The van der Waals surface area contributed by atoms with Crippen molar-refractivity contribution < 1.29 is 18.8 Å². The lowest BCUT2D eigenvalue weighted by Crippen LogP contribution is -2.45. The van der Waals surface area contributed by atoms with Gasteiger partial charge in [-0.15, -0.1) is 0 Å². The zero-order valence-electron chi connectivity index (χ0n) is 22.7. The Morgan fingerprint density at radius 2 is 1.90 bits per heavy atom. The standard InChI is InChI=1S/C28H28BrFN8O3/c1-15-4-7-22(29)34-25(15)35-26(41)21-9-28(3,13-30)14-37(21)23(40)12-38-20-6-5-17(18-10-32-27(31)33-11-18)8-19(20)24(36-38)16(2)39/h4-8,10-11,21H,9,12-14H2,1-3H3,(H2,31,32,33)(H,34,35,41)/t21?,28-/m1/s1. The minimum absolute atomic E-state index is 0.0609. The molecule has 2 amide bonds. The van der Waals surface area contributed by atoms with Gasteiger partial charge in [0.1, 0.15) is 28.7 Å². The second kappa shape index (κ2) is 11.0. The molecule has 1 fully saturated rings. The van der Waals surface area contributed by atoms with Crippen molar-refractivity contribution in [2.75, 3.05) is 24.3 Å². The van der Waals surface area contributed by atoms with E-state index in [0.29, 0.717) is 26.9 Å². The molecule has 13 heteroatoms. The van der Waals surface area contributed by atoms with Crippen LogP contribution in [0.25, 0.3) is 22.0 Å². The number of anilines is 2. The molecular formula is C28H28BrFN8O3. The number of fused-ring (bicyclic) bond motifs is 1. The van der Waals surface area contributed by atoms with Gasteiger partial charge in [-0.25, -0.2) is 15.0 Å². The lowest BCUT2D eigenvalue weighted by molar-refractivity contribution is -0.137. The molecule has 0 aliphatic carbocycles. The predicted molar refractivity (Wildman–Crippen MR) is 155 cm³/mol. The second-order valence-corrected chi connectivity index (χ2v) is 11.4. The first-order valence-electron chi connectivity index (χ1n) is 12.9. The molecule has 1 aliphatic rings. The normalized spacial score (nSPS) is 18.6. The van der Waals surface area contributed by atoms with Crippen LogP contribution in [-0.4, -0.2) is 66.5 Å². The van der Waals surface area contributed by atoms with Gasteiger partial charge in [-0.1, -0.05) is 19.1 Å². The number of hydrogen-bond acceptors (Lipinski definition) is 8. The van der Waals surface area contributed by atoms with Crippen molar-refractivity contribution in [1.82, 2.24) is 29.6 Å². The smallest absolute Gasteiger partial charge is 0.248 e. The van der Waals surface area contributed by atoms with E-state index in [9.17, 15) is 18.8 Å². The highest BCUT2D eigenvalue weighted by Gasteiger charge is 2.46. The summed E-state index contributed by atoms with van der Waals surface area (Å²) in [6, 6.07) is 8.01. The van der Waals surface area contributed by atoms with Crippen LogP contribution in [0, 0.1) is 12.3 Å². The summed E-state index contributed by atoms with van der Waals surface area (Å²) in [5, 5.41) is 7.79. The number of alkyl halides is 1. The maximum absolute atomic E-state index is 14.1. The van der Waals surface area contributed by atoms with E-state index in [1.165, 1.54) is 16.5 Å². The number of amides is 2. The van der Waals surface area contributed by atoms with Gasteiger partial charge in [-0.2, -0.15) is 5.10 Å². The summed E-state index contributed by atoms with van der Waals surface area (Å²) in [5.74, 6) is -0.637. The molecule has 212 valence electrons. The Hall–Kier alpha value is -4.26. The van der Waals surface area contributed by atoms with Crippen molar-refractivity contribution in [2.45, 2.75) is 39.8 Å². The van der Waals surface area contributed by atoms with Crippen LogP contribution in [0.2, 0.25) is 0 Å². The number of nitrogens with zero attached hydrogens (tertiary/aromatic N) is 6. The van der Waals surface area contributed by atoms with Gasteiger partial charge in [0, 0.05) is 42.2 Å². The average Bonchev–Trinajstić information content (AvgIpc) is 3.49. The highest BCUT2D eigenvalue weighted by Crippen LogP contribution is 2.36. The first-order valence-corrected chi connectivity index (χ1v) is 13.7. The monoisotopic (exact) mass is 622 g/mol. The summed E-state index contributed by atoms with van der Waals surface area (Å²) >= 11 is 3.30. The Balaban J connectivity index is 1.44. The van der Waals surface area contributed by atoms with E-state index in [1.807, 2.05) is 6.07 Å². The van der Waals surface area contributed by atoms with E-state index in [1.54, 1.807) is 50.5 Å². The van der Waals surface area contributed by atoms with Gasteiger partial charge >= 0.3 is 0 Å². The summed E-state index contributed by atoms with van der Waals surface area (Å²) in [4.78, 5) is 53.3. The molecule has 0 bridgehead atoms. The van der Waals surface area contributed by atoms with E-state index >= 15 is 0 Å². The van der Waals surface area contributed by atoms with Crippen LogP contribution in [0.4, 0.5) is 16.2 Å². The van der Waals surface area contributed by atoms with Crippen LogP contribution in [0.1, 0.15) is 36.3 Å². The molecule has 1 aromatic carbocycles. The zero-order chi connectivity index (χ0) is 29.5. The van der Waals surface area contributed by atoms with Gasteiger partial charge < -0.3 is 16.0 Å². The van der Waals surface area contributed by atoms with Crippen LogP contribution >= 0.6 is 15.9 Å². The molecule has 4 aromatic rings. The molecule has 5 rings (SSSR count). The molecule has 0 radical (unpaired) electrons. The van der Waals surface area contributed by atoms with Crippen LogP contribution in [0.15, 0.2) is 47.3 Å². The average molecular weight is 623 g/mol. The number of nitrogens with two attached hydrogens (primary N) is 1. The largest absolute Gasteiger partial charge is 0.368 e. The van der Waals surface area contributed by atoms with Crippen molar-refractivity contribution in [3.63, 3.8) is 0 Å². The molecule has 0 saturated carbocycles. The minimum Gasteiger partial charge on any atom is -0.368 e.